The van der Waals surface area contributed by atoms with Crippen molar-refractivity contribution < 1.29 is 14.7 Å². The summed E-state index contributed by atoms with van der Waals surface area (Å²) in [6, 6.07) is 4.06. The van der Waals surface area contributed by atoms with Crippen LogP contribution in [0.1, 0.15) is 23.6 Å². The molecule has 0 aromatic heterocycles. The van der Waals surface area contributed by atoms with Gasteiger partial charge in [0.25, 0.3) is 0 Å². The number of anilines is 1. The van der Waals surface area contributed by atoms with E-state index in [2.05, 4.69) is 5.32 Å². The van der Waals surface area contributed by atoms with Gasteiger partial charge in [0.05, 0.1) is 0 Å². The molecule has 1 atom stereocenters. The number of carboxylic acid groups (broad SMARTS) is 1. The minimum absolute atomic E-state index is 0.0113. The average molecular weight is 220 g/mol. The van der Waals surface area contributed by atoms with Gasteiger partial charge in [-0.15, -0.1) is 0 Å². The smallest absolute Gasteiger partial charge is 0.325 e. The van der Waals surface area contributed by atoms with Crippen LogP contribution in [-0.2, 0) is 16.0 Å². The third-order valence-electron chi connectivity index (χ3n) is 2.65. The number of benzene rings is 1. The third-order valence-corrected chi connectivity index (χ3v) is 2.65. The predicted molar refractivity (Wildman–Crippen MR) is 58.0 cm³/mol. The van der Waals surface area contributed by atoms with E-state index in [4.69, 9.17) is 10.8 Å². The second kappa shape index (κ2) is 3.94. The summed E-state index contributed by atoms with van der Waals surface area (Å²) in [5.41, 5.74) is 7.76. The minimum Gasteiger partial charge on any atom is -0.480 e. The number of carbonyl (C=O) groups excluding carboxylic acids is 1. The predicted octanol–water partition coefficient (Wildman–Crippen LogP) is 0.656. The Hall–Kier alpha value is -1.88. The third kappa shape index (κ3) is 1.90. The molecule has 16 heavy (non-hydrogen) atoms. The van der Waals surface area contributed by atoms with Crippen molar-refractivity contribution in [2.75, 3.05) is 5.32 Å². The summed E-state index contributed by atoms with van der Waals surface area (Å²) in [4.78, 5) is 21.8. The Bertz CT molecular complexity index is 457. The first kappa shape index (κ1) is 10.6. The fourth-order valence-corrected chi connectivity index (χ4v) is 1.74. The molecule has 1 heterocycles. The zero-order valence-corrected chi connectivity index (χ0v) is 8.56. The van der Waals surface area contributed by atoms with E-state index in [9.17, 15) is 9.59 Å². The molecule has 0 radical (unpaired) electrons. The van der Waals surface area contributed by atoms with E-state index < -0.39 is 12.0 Å². The molecule has 1 aromatic rings. The molecule has 0 fully saturated rings. The van der Waals surface area contributed by atoms with Gasteiger partial charge in [0, 0.05) is 12.1 Å². The zero-order chi connectivity index (χ0) is 11.7. The lowest BCUT2D eigenvalue weighted by atomic mass is 9.97. The van der Waals surface area contributed by atoms with Crippen molar-refractivity contribution >= 4 is 17.6 Å². The molecule has 4 N–H and O–H groups in total. The summed E-state index contributed by atoms with van der Waals surface area (Å²) in [5.74, 6) is -1.07. The first-order chi connectivity index (χ1) is 7.58. The molecule has 2 rings (SSSR count). The molecular formula is C11H12N2O3. The van der Waals surface area contributed by atoms with Gasteiger partial charge in [0.15, 0.2) is 0 Å². The zero-order valence-electron chi connectivity index (χ0n) is 8.56. The van der Waals surface area contributed by atoms with Gasteiger partial charge in [0.2, 0.25) is 5.91 Å². The SMILES string of the molecule is NC(C(=O)O)c1ccc2c(c1)CCC(=O)N2. The number of carbonyl (C=O) groups is 2. The maximum absolute atomic E-state index is 11.1. The van der Waals surface area contributed by atoms with Crippen molar-refractivity contribution in [1.29, 1.82) is 0 Å². The highest BCUT2D eigenvalue weighted by atomic mass is 16.4. The molecule has 1 unspecified atom stereocenters. The Morgan fingerprint density at radius 2 is 2.19 bits per heavy atom. The lowest BCUT2D eigenvalue weighted by molar-refractivity contribution is -0.138. The molecule has 0 saturated heterocycles. The molecule has 0 bridgehead atoms. The van der Waals surface area contributed by atoms with Crippen molar-refractivity contribution in [3.8, 4) is 0 Å². The van der Waals surface area contributed by atoms with E-state index in [0.717, 1.165) is 11.3 Å². The number of fused-ring (bicyclic) bond motifs is 1. The molecule has 1 amide bonds. The van der Waals surface area contributed by atoms with Crippen LogP contribution in [0.5, 0.6) is 0 Å². The molecule has 1 aliphatic rings. The Kier molecular flexibility index (Phi) is 2.62. The van der Waals surface area contributed by atoms with Crippen LogP contribution in [0.4, 0.5) is 5.69 Å². The van der Waals surface area contributed by atoms with Crippen molar-refractivity contribution in [2.45, 2.75) is 18.9 Å². The summed E-state index contributed by atoms with van der Waals surface area (Å²) in [6.45, 7) is 0. The van der Waals surface area contributed by atoms with Crippen LogP contribution in [0.15, 0.2) is 18.2 Å². The van der Waals surface area contributed by atoms with Gasteiger partial charge in [0.1, 0.15) is 6.04 Å². The lowest BCUT2D eigenvalue weighted by Crippen LogP contribution is -2.22. The van der Waals surface area contributed by atoms with Crippen molar-refractivity contribution in [2.24, 2.45) is 5.73 Å². The molecular weight excluding hydrogens is 208 g/mol. The van der Waals surface area contributed by atoms with E-state index in [1.165, 1.54) is 0 Å². The average Bonchev–Trinajstić information content (AvgIpc) is 2.27. The lowest BCUT2D eigenvalue weighted by Gasteiger charge is -2.18. The number of aliphatic carboxylic acids is 1. The van der Waals surface area contributed by atoms with Gasteiger partial charge in [-0.05, 0) is 23.6 Å². The highest BCUT2D eigenvalue weighted by Gasteiger charge is 2.19. The number of aryl methyl sites for hydroxylation is 1. The van der Waals surface area contributed by atoms with Gasteiger partial charge in [-0.3, -0.25) is 9.59 Å². The van der Waals surface area contributed by atoms with E-state index in [1.54, 1.807) is 18.2 Å². The highest BCUT2D eigenvalue weighted by molar-refractivity contribution is 5.94. The number of hydrogen-bond donors (Lipinski definition) is 3. The number of rotatable bonds is 2. The molecule has 84 valence electrons. The van der Waals surface area contributed by atoms with Gasteiger partial charge < -0.3 is 16.2 Å². The van der Waals surface area contributed by atoms with Gasteiger partial charge in [-0.2, -0.15) is 0 Å². The molecule has 0 spiro atoms. The summed E-state index contributed by atoms with van der Waals surface area (Å²) in [6.07, 6.45) is 1.06. The van der Waals surface area contributed by atoms with Gasteiger partial charge in [-0.25, -0.2) is 0 Å². The standard InChI is InChI=1S/C11H12N2O3/c12-10(11(15)16)7-1-3-8-6(5-7)2-4-9(14)13-8/h1,3,5,10H,2,4,12H2,(H,13,14)(H,15,16). The van der Waals surface area contributed by atoms with Crippen molar-refractivity contribution in [3.63, 3.8) is 0 Å². The summed E-state index contributed by atoms with van der Waals surface area (Å²) in [5, 5.41) is 11.5. The first-order valence-electron chi connectivity index (χ1n) is 4.99. The van der Waals surface area contributed by atoms with E-state index >= 15 is 0 Å². The fourth-order valence-electron chi connectivity index (χ4n) is 1.74. The Balaban J connectivity index is 2.33. The number of nitrogens with two attached hydrogens (primary N) is 1. The number of carboxylic acids is 1. The van der Waals surface area contributed by atoms with Crippen LogP contribution in [0.2, 0.25) is 0 Å². The number of amides is 1. The van der Waals surface area contributed by atoms with Crippen LogP contribution >= 0.6 is 0 Å². The minimum atomic E-state index is -1.06. The van der Waals surface area contributed by atoms with E-state index in [-0.39, 0.29) is 5.91 Å². The topological polar surface area (TPSA) is 92.4 Å². The fraction of sp³-hybridized carbons (Fsp3) is 0.273. The van der Waals surface area contributed by atoms with Crippen LogP contribution in [0.25, 0.3) is 0 Å². The second-order valence-corrected chi connectivity index (χ2v) is 3.78. The van der Waals surface area contributed by atoms with Crippen molar-refractivity contribution in [3.05, 3.63) is 29.3 Å². The molecule has 5 nitrogen and oxygen atoms in total. The maximum atomic E-state index is 11.1. The normalized spacial score (nSPS) is 16.2. The first-order valence-corrected chi connectivity index (χ1v) is 4.99. The van der Waals surface area contributed by atoms with Crippen LogP contribution in [-0.4, -0.2) is 17.0 Å². The quantitative estimate of drug-likeness (QED) is 0.682. The molecule has 5 heteroatoms. The van der Waals surface area contributed by atoms with Crippen LogP contribution in [0.3, 0.4) is 0 Å². The van der Waals surface area contributed by atoms with Crippen LogP contribution in [0, 0.1) is 0 Å². The highest BCUT2D eigenvalue weighted by Crippen LogP contribution is 2.25. The van der Waals surface area contributed by atoms with E-state index in [1.807, 2.05) is 0 Å². The van der Waals surface area contributed by atoms with E-state index in [0.29, 0.717) is 18.4 Å². The molecule has 0 saturated carbocycles. The summed E-state index contributed by atoms with van der Waals surface area (Å²) in [7, 11) is 0. The summed E-state index contributed by atoms with van der Waals surface area (Å²) < 4.78 is 0. The maximum Gasteiger partial charge on any atom is 0.325 e. The molecule has 1 aliphatic heterocycles. The van der Waals surface area contributed by atoms with Crippen LogP contribution < -0.4 is 11.1 Å². The number of hydrogen-bond acceptors (Lipinski definition) is 3. The van der Waals surface area contributed by atoms with Crippen molar-refractivity contribution in [1.82, 2.24) is 0 Å². The number of nitrogens with one attached hydrogen (secondary N) is 1. The Morgan fingerprint density at radius 3 is 2.88 bits per heavy atom. The Labute approximate surface area is 92.3 Å². The largest absolute Gasteiger partial charge is 0.480 e. The molecule has 0 aliphatic carbocycles. The summed E-state index contributed by atoms with van der Waals surface area (Å²) >= 11 is 0. The van der Waals surface area contributed by atoms with Gasteiger partial charge in [-0.1, -0.05) is 12.1 Å². The Morgan fingerprint density at radius 1 is 1.44 bits per heavy atom. The van der Waals surface area contributed by atoms with Gasteiger partial charge >= 0.3 is 5.97 Å². The second-order valence-electron chi connectivity index (χ2n) is 3.78. The molecule has 1 aromatic carbocycles. The monoisotopic (exact) mass is 220 g/mol.